The van der Waals surface area contributed by atoms with Crippen LogP contribution in [0.3, 0.4) is 0 Å². The number of para-hydroxylation sites is 1. The van der Waals surface area contributed by atoms with E-state index in [2.05, 4.69) is 21.7 Å². The third kappa shape index (κ3) is 8.46. The molecule has 1 fully saturated rings. The first-order chi connectivity index (χ1) is 14.6. The average Bonchev–Trinajstić information content (AvgIpc) is 3.27. The minimum Gasteiger partial charge on any atom is -0.493 e. The molecule has 1 aromatic rings. The Hall–Kier alpha value is -1.59. The van der Waals surface area contributed by atoms with Crippen LogP contribution in [-0.2, 0) is 14.3 Å². The van der Waals surface area contributed by atoms with Crippen LogP contribution in [0.5, 0.6) is 5.75 Å². The molecule has 2 aliphatic heterocycles. The molecule has 8 nitrogen and oxygen atoms in total. The van der Waals surface area contributed by atoms with Gasteiger partial charge >= 0.3 is 0 Å². The van der Waals surface area contributed by atoms with Crippen molar-refractivity contribution < 1.29 is 19.0 Å². The summed E-state index contributed by atoms with van der Waals surface area (Å²) < 4.78 is 16.9. The van der Waals surface area contributed by atoms with Crippen molar-refractivity contribution in [2.45, 2.75) is 25.3 Å². The first kappa shape index (κ1) is 25.7. The molecule has 0 aromatic heterocycles. The Morgan fingerprint density at radius 3 is 2.87 bits per heavy atom. The lowest BCUT2D eigenvalue weighted by Crippen LogP contribution is -2.42. The maximum Gasteiger partial charge on any atom is 0.243 e. The molecule has 3 rings (SSSR count). The molecule has 0 spiro atoms. The Bertz CT molecular complexity index is 711. The molecule has 2 N–H and O–H groups in total. The zero-order chi connectivity index (χ0) is 21.2. The fraction of sp³-hybridized carbons (Fsp3) is 0.636. The molecule has 0 aliphatic carbocycles. The number of fused-ring (bicyclic) bond motifs is 1. The maximum absolute atomic E-state index is 12.0. The van der Waals surface area contributed by atoms with Gasteiger partial charge in [-0.05, 0) is 18.9 Å². The number of hydrogen-bond donors (Lipinski definition) is 2. The first-order valence-electron chi connectivity index (χ1n) is 10.8. The van der Waals surface area contributed by atoms with Gasteiger partial charge in [-0.25, -0.2) is 4.99 Å². The number of carbonyl (C=O) groups is 1. The molecule has 1 aromatic carbocycles. The Morgan fingerprint density at radius 2 is 2.10 bits per heavy atom. The van der Waals surface area contributed by atoms with Gasteiger partial charge in [0, 0.05) is 51.8 Å². The van der Waals surface area contributed by atoms with Gasteiger partial charge in [-0.2, -0.15) is 0 Å². The van der Waals surface area contributed by atoms with Crippen molar-refractivity contribution in [2.75, 3.05) is 60.2 Å². The number of hydrogen-bond acceptors (Lipinski definition) is 5. The molecule has 1 amide bonds. The number of amides is 1. The Balaban J connectivity index is 0.00000341. The Kier molecular flexibility index (Phi) is 11.4. The third-order valence-corrected chi connectivity index (χ3v) is 5.28. The molecular formula is C22H35IN4O4. The number of aliphatic imine (C=N–C) groups is 1. The zero-order valence-corrected chi connectivity index (χ0v) is 20.8. The van der Waals surface area contributed by atoms with Crippen LogP contribution in [0.15, 0.2) is 29.3 Å². The van der Waals surface area contributed by atoms with Gasteiger partial charge in [-0.15, -0.1) is 24.0 Å². The van der Waals surface area contributed by atoms with E-state index in [4.69, 9.17) is 14.2 Å². The van der Waals surface area contributed by atoms with E-state index in [0.717, 1.165) is 50.4 Å². The molecule has 1 saturated heterocycles. The molecule has 174 valence electrons. The van der Waals surface area contributed by atoms with Crippen molar-refractivity contribution in [3.63, 3.8) is 0 Å². The van der Waals surface area contributed by atoms with Gasteiger partial charge in [-0.3, -0.25) is 4.79 Å². The Morgan fingerprint density at radius 1 is 1.26 bits per heavy atom. The van der Waals surface area contributed by atoms with Crippen molar-refractivity contribution in [3.8, 4) is 5.75 Å². The molecule has 2 aliphatic rings. The minimum atomic E-state index is -0.0365. The van der Waals surface area contributed by atoms with Gasteiger partial charge in [0.1, 0.15) is 12.3 Å². The summed E-state index contributed by atoms with van der Waals surface area (Å²) in [5.74, 6) is 2.03. The second-order valence-electron chi connectivity index (χ2n) is 7.91. The van der Waals surface area contributed by atoms with E-state index in [-0.39, 0.29) is 42.5 Å². The van der Waals surface area contributed by atoms with Crippen molar-refractivity contribution in [1.82, 2.24) is 15.5 Å². The van der Waals surface area contributed by atoms with Crippen LogP contribution < -0.4 is 15.4 Å². The summed E-state index contributed by atoms with van der Waals surface area (Å²) in [4.78, 5) is 18.0. The van der Waals surface area contributed by atoms with Crippen molar-refractivity contribution >= 4 is 35.8 Å². The van der Waals surface area contributed by atoms with Gasteiger partial charge in [0.05, 0.1) is 25.9 Å². The Labute approximate surface area is 202 Å². The fourth-order valence-electron chi connectivity index (χ4n) is 3.44. The highest BCUT2D eigenvalue weighted by molar-refractivity contribution is 14.0. The molecular weight excluding hydrogens is 511 g/mol. The standard InChI is InChI=1S/C22H34N4O4.HI/c1-26(2)21(27)14-24-22(23-10-5-11-28-15-17-8-12-29-16-17)25-19-9-13-30-20-7-4-3-6-18(19)20;/h3-4,6-7,17,19H,5,8-16H2,1-2H3,(H2,23,24,25);1H. The molecule has 2 atom stereocenters. The number of halogens is 1. The van der Waals surface area contributed by atoms with E-state index in [1.165, 1.54) is 0 Å². The van der Waals surface area contributed by atoms with E-state index < -0.39 is 0 Å². The zero-order valence-electron chi connectivity index (χ0n) is 18.5. The van der Waals surface area contributed by atoms with E-state index >= 15 is 0 Å². The van der Waals surface area contributed by atoms with Gasteiger partial charge in [-0.1, -0.05) is 18.2 Å². The van der Waals surface area contributed by atoms with Crippen LogP contribution in [0, 0.1) is 5.92 Å². The first-order valence-corrected chi connectivity index (χ1v) is 10.8. The van der Waals surface area contributed by atoms with Gasteiger partial charge in [0.25, 0.3) is 0 Å². The van der Waals surface area contributed by atoms with Crippen LogP contribution in [0.1, 0.15) is 30.9 Å². The van der Waals surface area contributed by atoms with Crippen LogP contribution in [0.4, 0.5) is 0 Å². The van der Waals surface area contributed by atoms with Crippen LogP contribution in [-0.4, -0.2) is 77.0 Å². The van der Waals surface area contributed by atoms with Gasteiger partial charge < -0.3 is 29.7 Å². The normalized spacial score (nSPS) is 20.3. The van der Waals surface area contributed by atoms with Gasteiger partial charge in [0.2, 0.25) is 5.91 Å². The summed E-state index contributed by atoms with van der Waals surface area (Å²) in [6.07, 6.45) is 2.79. The molecule has 2 heterocycles. The summed E-state index contributed by atoms with van der Waals surface area (Å²) in [7, 11) is 3.47. The summed E-state index contributed by atoms with van der Waals surface area (Å²) in [6, 6.07) is 8.12. The number of nitrogens with zero attached hydrogens (tertiary/aromatic N) is 2. The van der Waals surface area contributed by atoms with Gasteiger partial charge in [0.15, 0.2) is 5.96 Å². The third-order valence-electron chi connectivity index (χ3n) is 5.28. The lowest BCUT2D eigenvalue weighted by atomic mass is 10.0. The van der Waals surface area contributed by atoms with Crippen molar-refractivity contribution in [2.24, 2.45) is 10.9 Å². The quantitative estimate of drug-likeness (QED) is 0.214. The monoisotopic (exact) mass is 546 g/mol. The molecule has 2 unspecified atom stereocenters. The lowest BCUT2D eigenvalue weighted by molar-refractivity contribution is -0.127. The second-order valence-corrected chi connectivity index (χ2v) is 7.91. The SMILES string of the molecule is CN(C)C(=O)CN=C(NCCCOCC1CCOC1)NC1CCOc2ccccc21.I. The number of ether oxygens (including phenoxy) is 3. The second kappa shape index (κ2) is 13.7. The molecule has 0 saturated carbocycles. The highest BCUT2D eigenvalue weighted by atomic mass is 127. The van der Waals surface area contributed by atoms with Crippen molar-refractivity contribution in [3.05, 3.63) is 29.8 Å². The molecule has 0 bridgehead atoms. The van der Waals surface area contributed by atoms with Crippen LogP contribution >= 0.6 is 24.0 Å². The highest BCUT2D eigenvalue weighted by Crippen LogP contribution is 2.31. The predicted octanol–water partition coefficient (Wildman–Crippen LogP) is 2.19. The van der Waals surface area contributed by atoms with Crippen LogP contribution in [0.2, 0.25) is 0 Å². The van der Waals surface area contributed by atoms with E-state index in [0.29, 0.717) is 31.6 Å². The average molecular weight is 546 g/mol. The highest BCUT2D eigenvalue weighted by Gasteiger charge is 2.22. The van der Waals surface area contributed by atoms with Crippen LogP contribution in [0.25, 0.3) is 0 Å². The minimum absolute atomic E-state index is 0. The van der Waals surface area contributed by atoms with Crippen molar-refractivity contribution in [1.29, 1.82) is 0 Å². The summed E-state index contributed by atoms with van der Waals surface area (Å²) in [5.41, 5.74) is 1.11. The smallest absolute Gasteiger partial charge is 0.243 e. The number of likely N-dealkylation sites (N-methyl/N-ethyl adjacent to an activating group) is 1. The maximum atomic E-state index is 12.0. The lowest BCUT2D eigenvalue weighted by Gasteiger charge is -2.28. The summed E-state index contributed by atoms with van der Waals surface area (Å²) in [6.45, 7) is 4.58. The number of benzene rings is 1. The molecule has 0 radical (unpaired) electrons. The largest absolute Gasteiger partial charge is 0.493 e. The molecule has 9 heteroatoms. The number of nitrogens with one attached hydrogen (secondary N) is 2. The number of rotatable bonds is 9. The molecule has 31 heavy (non-hydrogen) atoms. The van der Waals surface area contributed by atoms with E-state index in [9.17, 15) is 4.79 Å². The predicted molar refractivity (Wildman–Crippen MR) is 131 cm³/mol. The topological polar surface area (TPSA) is 84.4 Å². The summed E-state index contributed by atoms with van der Waals surface area (Å²) >= 11 is 0. The fourth-order valence-corrected chi connectivity index (χ4v) is 3.44. The summed E-state index contributed by atoms with van der Waals surface area (Å²) in [5, 5.41) is 6.82. The van der Waals surface area contributed by atoms with E-state index in [1.54, 1.807) is 19.0 Å². The van der Waals surface area contributed by atoms with E-state index in [1.807, 2.05) is 18.2 Å². The number of guanidine groups is 1. The number of carbonyl (C=O) groups excluding carboxylic acids is 1.